The fourth-order valence-electron chi connectivity index (χ4n) is 1.84. The van der Waals surface area contributed by atoms with Crippen molar-refractivity contribution in [3.8, 4) is 0 Å². The van der Waals surface area contributed by atoms with E-state index < -0.39 is 0 Å². The monoisotopic (exact) mass is 283 g/mol. The van der Waals surface area contributed by atoms with Gasteiger partial charge in [-0.1, -0.05) is 11.6 Å². The first-order valence-electron chi connectivity index (χ1n) is 6.07. The van der Waals surface area contributed by atoms with Gasteiger partial charge in [0.05, 0.1) is 29.5 Å². The van der Waals surface area contributed by atoms with E-state index in [1.54, 1.807) is 0 Å². The molecule has 0 aliphatic rings. The van der Waals surface area contributed by atoms with Crippen LogP contribution in [0.1, 0.15) is 24.1 Å². The number of aromatic nitrogens is 5. The quantitative estimate of drug-likeness (QED) is 0.761. The summed E-state index contributed by atoms with van der Waals surface area (Å²) in [6.45, 7) is 7.26. The normalized spacial score (nSPS) is 12.8. The highest BCUT2D eigenvalue weighted by atomic mass is 35.5. The third-order valence-electron chi connectivity index (χ3n) is 2.91. The lowest BCUT2D eigenvalue weighted by Crippen LogP contribution is -2.31. The van der Waals surface area contributed by atoms with Gasteiger partial charge in [0.25, 0.3) is 0 Å². The SMILES string of the molecule is Cc1nn(CC(C)NCc2nc(N)n[nH]2)c(C)c1Cl. The molecular weight excluding hydrogens is 266 g/mol. The summed E-state index contributed by atoms with van der Waals surface area (Å²) in [5.41, 5.74) is 7.28. The Morgan fingerprint density at radius 2 is 2.21 bits per heavy atom. The van der Waals surface area contributed by atoms with Gasteiger partial charge in [0.2, 0.25) is 5.95 Å². The highest BCUT2D eigenvalue weighted by molar-refractivity contribution is 6.31. The van der Waals surface area contributed by atoms with Crippen molar-refractivity contribution < 1.29 is 0 Å². The molecule has 8 heteroatoms. The van der Waals surface area contributed by atoms with E-state index in [2.05, 4.69) is 32.5 Å². The summed E-state index contributed by atoms with van der Waals surface area (Å²) in [6, 6.07) is 0.223. The summed E-state index contributed by atoms with van der Waals surface area (Å²) in [7, 11) is 0. The Morgan fingerprint density at radius 3 is 2.74 bits per heavy atom. The fraction of sp³-hybridized carbons (Fsp3) is 0.545. The van der Waals surface area contributed by atoms with Crippen molar-refractivity contribution in [1.29, 1.82) is 0 Å². The summed E-state index contributed by atoms with van der Waals surface area (Å²) in [5.74, 6) is 0.977. The molecule has 2 aromatic rings. The standard InChI is InChI=1S/C11H18ClN7/c1-6(14-4-9-15-11(13)17-16-9)5-19-8(3)10(12)7(2)18-19/h6,14H,4-5H2,1-3H3,(H3,13,15,16,17). The number of aromatic amines is 1. The van der Waals surface area contributed by atoms with Gasteiger partial charge < -0.3 is 11.1 Å². The van der Waals surface area contributed by atoms with Crippen molar-refractivity contribution in [2.45, 2.75) is 39.9 Å². The Balaban J connectivity index is 1.90. The number of aryl methyl sites for hydroxylation is 1. The lowest BCUT2D eigenvalue weighted by atomic mass is 10.3. The van der Waals surface area contributed by atoms with E-state index in [4.69, 9.17) is 17.3 Å². The minimum Gasteiger partial charge on any atom is -0.367 e. The van der Waals surface area contributed by atoms with Crippen LogP contribution in [0.5, 0.6) is 0 Å². The molecule has 0 amide bonds. The van der Waals surface area contributed by atoms with Gasteiger partial charge >= 0.3 is 0 Å². The molecule has 0 aliphatic carbocycles. The molecule has 2 rings (SSSR count). The number of rotatable bonds is 5. The van der Waals surface area contributed by atoms with E-state index in [1.807, 2.05) is 18.5 Å². The van der Waals surface area contributed by atoms with Crippen molar-refractivity contribution >= 4 is 17.5 Å². The maximum Gasteiger partial charge on any atom is 0.239 e. The van der Waals surface area contributed by atoms with Gasteiger partial charge in [0, 0.05) is 6.04 Å². The van der Waals surface area contributed by atoms with Gasteiger partial charge in [-0.2, -0.15) is 10.1 Å². The fourth-order valence-corrected chi connectivity index (χ4v) is 1.97. The van der Waals surface area contributed by atoms with Crippen molar-refractivity contribution in [1.82, 2.24) is 30.3 Å². The number of nitrogens with zero attached hydrogens (tertiary/aromatic N) is 4. The molecule has 0 aromatic carbocycles. The first-order valence-corrected chi connectivity index (χ1v) is 6.44. The first-order chi connectivity index (χ1) is 8.97. The number of halogens is 1. The highest BCUT2D eigenvalue weighted by Gasteiger charge is 2.12. The molecule has 0 saturated heterocycles. The minimum atomic E-state index is 0.223. The third-order valence-corrected chi connectivity index (χ3v) is 3.45. The average Bonchev–Trinajstić information content (AvgIpc) is 2.88. The molecule has 0 radical (unpaired) electrons. The van der Waals surface area contributed by atoms with E-state index in [-0.39, 0.29) is 12.0 Å². The summed E-state index contributed by atoms with van der Waals surface area (Å²) < 4.78 is 1.91. The molecule has 1 atom stereocenters. The smallest absolute Gasteiger partial charge is 0.239 e. The lowest BCUT2D eigenvalue weighted by molar-refractivity contribution is 0.439. The first kappa shape index (κ1) is 13.8. The molecule has 19 heavy (non-hydrogen) atoms. The van der Waals surface area contributed by atoms with Crippen LogP contribution in [0, 0.1) is 13.8 Å². The van der Waals surface area contributed by atoms with Gasteiger partial charge in [0.15, 0.2) is 0 Å². The summed E-state index contributed by atoms with van der Waals surface area (Å²) in [5, 5.41) is 15.0. The van der Waals surface area contributed by atoms with E-state index >= 15 is 0 Å². The number of nitrogen functional groups attached to an aromatic ring is 1. The molecule has 0 saturated carbocycles. The predicted octanol–water partition coefficient (Wildman–Crippen LogP) is 1.03. The second kappa shape index (κ2) is 5.58. The van der Waals surface area contributed by atoms with Gasteiger partial charge in [0.1, 0.15) is 5.82 Å². The molecular formula is C11H18ClN7. The molecule has 2 aromatic heterocycles. The van der Waals surface area contributed by atoms with Crippen LogP contribution in [0.25, 0.3) is 0 Å². The van der Waals surface area contributed by atoms with Gasteiger partial charge in [-0.3, -0.25) is 9.78 Å². The van der Waals surface area contributed by atoms with Crippen LogP contribution >= 0.6 is 11.6 Å². The largest absolute Gasteiger partial charge is 0.367 e. The molecule has 7 nitrogen and oxygen atoms in total. The zero-order chi connectivity index (χ0) is 14.0. The summed E-state index contributed by atoms with van der Waals surface area (Å²) in [6.07, 6.45) is 0. The molecule has 0 spiro atoms. The van der Waals surface area contributed by atoms with E-state index in [0.717, 1.165) is 28.8 Å². The number of hydrogen-bond acceptors (Lipinski definition) is 5. The Hall–Kier alpha value is -1.60. The Kier molecular flexibility index (Phi) is 4.06. The van der Waals surface area contributed by atoms with Crippen LogP contribution in [-0.2, 0) is 13.1 Å². The second-order valence-corrected chi connectivity index (χ2v) is 4.97. The van der Waals surface area contributed by atoms with Crippen LogP contribution in [0.15, 0.2) is 0 Å². The van der Waals surface area contributed by atoms with Gasteiger partial charge in [-0.15, -0.1) is 5.10 Å². The van der Waals surface area contributed by atoms with Crippen LogP contribution in [-0.4, -0.2) is 31.0 Å². The van der Waals surface area contributed by atoms with Crippen molar-refractivity contribution in [2.75, 3.05) is 5.73 Å². The minimum absolute atomic E-state index is 0.223. The maximum absolute atomic E-state index is 6.12. The number of nitrogens with two attached hydrogens (primary N) is 1. The zero-order valence-corrected chi connectivity index (χ0v) is 12.0. The molecule has 1 unspecified atom stereocenters. The summed E-state index contributed by atoms with van der Waals surface area (Å²) >= 11 is 6.12. The Morgan fingerprint density at radius 1 is 1.47 bits per heavy atom. The molecule has 0 fully saturated rings. The summed E-state index contributed by atoms with van der Waals surface area (Å²) in [4.78, 5) is 4.03. The number of hydrogen-bond donors (Lipinski definition) is 3. The van der Waals surface area contributed by atoms with Crippen LogP contribution in [0.3, 0.4) is 0 Å². The topological polar surface area (TPSA) is 97.4 Å². The third kappa shape index (κ3) is 3.24. The molecule has 4 N–H and O–H groups in total. The van der Waals surface area contributed by atoms with Crippen molar-refractivity contribution in [2.24, 2.45) is 0 Å². The maximum atomic E-state index is 6.12. The number of H-pyrrole nitrogens is 1. The van der Waals surface area contributed by atoms with Gasteiger partial charge in [-0.05, 0) is 20.8 Å². The molecule has 2 heterocycles. The van der Waals surface area contributed by atoms with Crippen LogP contribution in [0.4, 0.5) is 5.95 Å². The van der Waals surface area contributed by atoms with Crippen LogP contribution < -0.4 is 11.1 Å². The van der Waals surface area contributed by atoms with Crippen molar-refractivity contribution in [3.63, 3.8) is 0 Å². The zero-order valence-electron chi connectivity index (χ0n) is 11.2. The predicted molar refractivity (Wildman–Crippen MR) is 73.8 cm³/mol. The van der Waals surface area contributed by atoms with Crippen LogP contribution in [0.2, 0.25) is 5.02 Å². The Bertz CT molecular complexity index is 559. The van der Waals surface area contributed by atoms with E-state index in [0.29, 0.717) is 6.54 Å². The van der Waals surface area contributed by atoms with Crippen molar-refractivity contribution in [3.05, 3.63) is 22.2 Å². The number of anilines is 1. The lowest BCUT2D eigenvalue weighted by Gasteiger charge is -2.14. The molecule has 104 valence electrons. The molecule has 0 bridgehead atoms. The molecule has 0 aliphatic heterocycles. The average molecular weight is 284 g/mol. The number of nitrogens with one attached hydrogen (secondary N) is 2. The van der Waals surface area contributed by atoms with E-state index in [9.17, 15) is 0 Å². The second-order valence-electron chi connectivity index (χ2n) is 4.59. The van der Waals surface area contributed by atoms with E-state index in [1.165, 1.54) is 0 Å². The Labute approximate surface area is 116 Å². The highest BCUT2D eigenvalue weighted by Crippen LogP contribution is 2.18. The van der Waals surface area contributed by atoms with Gasteiger partial charge in [-0.25, -0.2) is 0 Å².